The van der Waals surface area contributed by atoms with Crippen LogP contribution >= 0.6 is 0 Å². The van der Waals surface area contributed by atoms with Gasteiger partial charge >= 0.3 is 16.3 Å². The number of amides is 1. The number of nitrogens with zero attached hydrogens (tertiary/aromatic N) is 4. The smallest absolute Gasteiger partial charge is 0.407 e. The molecule has 0 spiro atoms. The van der Waals surface area contributed by atoms with Crippen molar-refractivity contribution in [2.75, 3.05) is 17.4 Å². The second-order valence-corrected chi connectivity index (χ2v) is 6.57. The van der Waals surface area contributed by atoms with Gasteiger partial charge in [0.2, 0.25) is 0 Å². The largest absolute Gasteiger partial charge is 0.465 e. The first kappa shape index (κ1) is 13.2. The molecule has 0 aromatic carbocycles. The van der Waals surface area contributed by atoms with Crippen LogP contribution in [0.25, 0.3) is 0 Å². The predicted octanol–water partition coefficient (Wildman–Crippen LogP) is -0.580. The molecule has 0 unspecified atom stereocenters. The van der Waals surface area contributed by atoms with E-state index in [-0.39, 0.29) is 12.6 Å². The van der Waals surface area contributed by atoms with Crippen molar-refractivity contribution in [3.05, 3.63) is 11.9 Å². The lowest BCUT2D eigenvalue weighted by Gasteiger charge is -2.32. The molecule has 110 valence electrons. The van der Waals surface area contributed by atoms with E-state index in [4.69, 9.17) is 0 Å². The van der Waals surface area contributed by atoms with Gasteiger partial charge in [-0.1, -0.05) is 0 Å². The first-order chi connectivity index (χ1) is 9.40. The molecule has 0 aliphatic carbocycles. The normalized spacial score (nSPS) is 24.8. The Bertz CT molecular complexity index is 655. The highest BCUT2D eigenvalue weighted by molar-refractivity contribution is 7.91. The fourth-order valence-corrected chi connectivity index (χ4v) is 3.82. The predicted molar refractivity (Wildman–Crippen MR) is 69.5 cm³/mol. The zero-order valence-corrected chi connectivity index (χ0v) is 11.7. The summed E-state index contributed by atoms with van der Waals surface area (Å²) < 4.78 is 29.1. The Balaban J connectivity index is 2.00. The Morgan fingerprint density at radius 2 is 2.30 bits per heavy atom. The number of aromatic nitrogens is 2. The molecule has 1 amide bonds. The molecular formula is C10H15N5O4S. The molecule has 3 heterocycles. The van der Waals surface area contributed by atoms with E-state index in [2.05, 4.69) is 9.82 Å². The second-order valence-electron chi connectivity index (χ2n) is 4.89. The molecule has 2 aliphatic heterocycles. The monoisotopic (exact) mass is 301 g/mol. The van der Waals surface area contributed by atoms with Gasteiger partial charge in [-0.3, -0.25) is 13.9 Å². The minimum atomic E-state index is -3.53. The van der Waals surface area contributed by atoms with E-state index in [0.717, 1.165) is 0 Å². The lowest BCUT2D eigenvalue weighted by molar-refractivity contribution is 0.105. The average molecular weight is 301 g/mol. The SMILES string of the molecule is C[C@H]1Cn2ncc(N3CCNS3(=O)=O)c2CN1C(=O)O. The highest BCUT2D eigenvalue weighted by Crippen LogP contribution is 2.29. The van der Waals surface area contributed by atoms with Gasteiger partial charge in [0.15, 0.2) is 0 Å². The lowest BCUT2D eigenvalue weighted by atomic mass is 10.2. The van der Waals surface area contributed by atoms with Gasteiger partial charge in [-0.25, -0.2) is 4.79 Å². The van der Waals surface area contributed by atoms with Crippen molar-refractivity contribution < 1.29 is 18.3 Å². The quantitative estimate of drug-likeness (QED) is 0.721. The van der Waals surface area contributed by atoms with Crippen LogP contribution in [0.5, 0.6) is 0 Å². The molecule has 9 nitrogen and oxygen atoms in total. The van der Waals surface area contributed by atoms with Crippen LogP contribution in [-0.4, -0.2) is 53.4 Å². The van der Waals surface area contributed by atoms with Gasteiger partial charge in [-0.05, 0) is 6.92 Å². The van der Waals surface area contributed by atoms with Crippen LogP contribution in [0.2, 0.25) is 0 Å². The molecule has 20 heavy (non-hydrogen) atoms. The third-order valence-corrected chi connectivity index (χ3v) is 5.15. The second kappa shape index (κ2) is 4.35. The number of hydrogen-bond donors (Lipinski definition) is 2. The summed E-state index contributed by atoms with van der Waals surface area (Å²) in [6, 6.07) is -0.193. The van der Waals surface area contributed by atoms with Gasteiger partial charge in [-0.15, -0.1) is 0 Å². The molecule has 0 bridgehead atoms. The van der Waals surface area contributed by atoms with E-state index < -0.39 is 16.3 Å². The number of carboxylic acid groups (broad SMARTS) is 1. The minimum absolute atomic E-state index is 0.137. The van der Waals surface area contributed by atoms with Crippen LogP contribution in [0, 0.1) is 0 Å². The van der Waals surface area contributed by atoms with E-state index >= 15 is 0 Å². The zero-order valence-electron chi connectivity index (χ0n) is 10.9. The average Bonchev–Trinajstić information content (AvgIpc) is 2.90. The maximum atomic E-state index is 11.9. The molecular weight excluding hydrogens is 286 g/mol. The van der Waals surface area contributed by atoms with E-state index in [0.29, 0.717) is 31.0 Å². The first-order valence-corrected chi connectivity index (χ1v) is 7.66. The van der Waals surface area contributed by atoms with Crippen molar-refractivity contribution in [1.29, 1.82) is 0 Å². The van der Waals surface area contributed by atoms with Gasteiger partial charge in [0.1, 0.15) is 0 Å². The maximum Gasteiger partial charge on any atom is 0.407 e. The van der Waals surface area contributed by atoms with Crippen LogP contribution in [0.4, 0.5) is 10.5 Å². The van der Waals surface area contributed by atoms with E-state index in [1.807, 2.05) is 0 Å². The fraction of sp³-hybridized carbons (Fsp3) is 0.600. The van der Waals surface area contributed by atoms with Gasteiger partial charge in [0, 0.05) is 13.1 Å². The molecule has 0 radical (unpaired) electrons. The van der Waals surface area contributed by atoms with Crippen molar-refractivity contribution in [2.24, 2.45) is 0 Å². The summed E-state index contributed by atoms with van der Waals surface area (Å²) in [4.78, 5) is 12.5. The summed E-state index contributed by atoms with van der Waals surface area (Å²) in [5.41, 5.74) is 1.06. The summed E-state index contributed by atoms with van der Waals surface area (Å²) in [6.07, 6.45) is 0.469. The van der Waals surface area contributed by atoms with Gasteiger partial charge in [0.25, 0.3) is 0 Å². The van der Waals surface area contributed by atoms with E-state index in [1.54, 1.807) is 11.6 Å². The van der Waals surface area contributed by atoms with Crippen molar-refractivity contribution in [2.45, 2.75) is 26.1 Å². The molecule has 0 saturated carbocycles. The maximum absolute atomic E-state index is 11.9. The van der Waals surface area contributed by atoms with Crippen molar-refractivity contribution in [1.82, 2.24) is 19.4 Å². The lowest BCUT2D eigenvalue weighted by Crippen LogP contribution is -2.44. The Morgan fingerprint density at radius 3 is 2.90 bits per heavy atom. The highest BCUT2D eigenvalue weighted by Gasteiger charge is 2.35. The highest BCUT2D eigenvalue weighted by atomic mass is 32.2. The molecule has 1 atom stereocenters. The van der Waals surface area contributed by atoms with E-state index in [9.17, 15) is 18.3 Å². The Hall–Kier alpha value is -1.81. The first-order valence-electron chi connectivity index (χ1n) is 6.22. The molecule has 2 aliphatic rings. The summed E-state index contributed by atoms with van der Waals surface area (Å²) in [5, 5.41) is 13.4. The Morgan fingerprint density at radius 1 is 1.55 bits per heavy atom. The molecule has 3 rings (SSSR count). The van der Waals surface area contributed by atoms with E-state index in [1.165, 1.54) is 15.4 Å². The summed E-state index contributed by atoms with van der Waals surface area (Å²) >= 11 is 0. The number of fused-ring (bicyclic) bond motifs is 1. The van der Waals surface area contributed by atoms with Gasteiger partial charge < -0.3 is 5.11 Å². The molecule has 2 N–H and O–H groups in total. The number of hydrogen-bond acceptors (Lipinski definition) is 4. The molecule has 1 saturated heterocycles. The van der Waals surface area contributed by atoms with Crippen LogP contribution in [0.3, 0.4) is 0 Å². The summed E-state index contributed by atoms with van der Waals surface area (Å²) in [5.74, 6) is 0. The standard InChI is InChI=1S/C10H15N5O4S/c1-7-5-14-9(6-13(7)10(16)17)8(4-11-14)15-3-2-12-20(15,18)19/h4,7,12H,2-3,5-6H2,1H3,(H,16,17)/t7-/m0/s1. The summed E-state index contributed by atoms with van der Waals surface area (Å²) in [6.45, 7) is 3.02. The van der Waals surface area contributed by atoms with Crippen molar-refractivity contribution >= 4 is 22.0 Å². The van der Waals surface area contributed by atoms with Crippen LogP contribution in [0.1, 0.15) is 12.6 Å². The number of carbonyl (C=O) groups is 1. The van der Waals surface area contributed by atoms with Crippen LogP contribution in [0.15, 0.2) is 6.20 Å². The van der Waals surface area contributed by atoms with Crippen molar-refractivity contribution in [3.8, 4) is 0 Å². The molecule has 1 aromatic heterocycles. The minimum Gasteiger partial charge on any atom is -0.465 e. The van der Waals surface area contributed by atoms with Crippen LogP contribution in [-0.2, 0) is 23.3 Å². The molecule has 1 aromatic rings. The fourth-order valence-electron chi connectivity index (χ4n) is 2.58. The molecule has 10 heteroatoms. The Labute approximate surface area is 116 Å². The topological polar surface area (TPSA) is 108 Å². The summed E-state index contributed by atoms with van der Waals surface area (Å²) in [7, 11) is -3.53. The number of rotatable bonds is 1. The Kier molecular flexibility index (Phi) is 2.87. The molecule has 1 fully saturated rings. The van der Waals surface area contributed by atoms with Gasteiger partial charge in [0.05, 0.1) is 36.7 Å². The zero-order chi connectivity index (χ0) is 14.5. The third-order valence-electron chi connectivity index (χ3n) is 3.62. The van der Waals surface area contributed by atoms with Crippen LogP contribution < -0.4 is 9.03 Å². The number of nitrogens with one attached hydrogen (secondary N) is 1. The van der Waals surface area contributed by atoms with Crippen molar-refractivity contribution in [3.63, 3.8) is 0 Å². The third kappa shape index (κ3) is 1.91. The number of anilines is 1. The van der Waals surface area contributed by atoms with Gasteiger partial charge in [-0.2, -0.15) is 18.2 Å².